The Kier molecular flexibility index (Phi) is 8.26. The predicted molar refractivity (Wildman–Crippen MR) is 153 cm³/mol. The van der Waals surface area contributed by atoms with Crippen LogP contribution in [0.3, 0.4) is 0 Å². The van der Waals surface area contributed by atoms with E-state index in [9.17, 15) is 13.2 Å². The second-order valence-corrected chi connectivity index (χ2v) is 11.5. The highest BCUT2D eigenvalue weighted by molar-refractivity contribution is 7.92. The molecule has 38 heavy (non-hydrogen) atoms. The number of sulfonamides is 1. The van der Waals surface area contributed by atoms with E-state index in [1.165, 1.54) is 18.3 Å². The Labute approximate surface area is 232 Å². The minimum atomic E-state index is -4.03. The molecule has 0 atom stereocenters. The van der Waals surface area contributed by atoms with Gasteiger partial charge in [-0.3, -0.25) is 9.10 Å². The van der Waals surface area contributed by atoms with Crippen molar-refractivity contribution in [3.05, 3.63) is 111 Å². The number of hydrogen-bond donors (Lipinski definition) is 1. The number of rotatable bonds is 8. The van der Waals surface area contributed by atoms with Crippen LogP contribution in [0.15, 0.2) is 88.9 Å². The van der Waals surface area contributed by atoms with Crippen molar-refractivity contribution in [2.24, 2.45) is 5.10 Å². The Balaban J connectivity index is 1.54. The normalized spacial score (nSPS) is 11.6. The first-order chi connectivity index (χ1) is 18.1. The van der Waals surface area contributed by atoms with E-state index in [0.717, 1.165) is 32.5 Å². The van der Waals surface area contributed by atoms with Gasteiger partial charge in [-0.15, -0.1) is 0 Å². The monoisotopic (exact) mass is 568 g/mol. The SMILES string of the molecule is Cc1ccc(S(=O)(=O)N(CC(=O)N/N=C\c2cc(C)n(-c3ccc(Cl)cc3)c2C)c2ccc(Cl)cc2)cc1. The number of hydrogen-bond acceptors (Lipinski definition) is 4. The van der Waals surface area contributed by atoms with Crippen molar-refractivity contribution < 1.29 is 13.2 Å². The summed E-state index contributed by atoms with van der Waals surface area (Å²) >= 11 is 12.0. The van der Waals surface area contributed by atoms with Crippen molar-refractivity contribution in [3.8, 4) is 5.69 Å². The molecule has 10 heteroatoms. The van der Waals surface area contributed by atoms with Crippen LogP contribution < -0.4 is 9.73 Å². The van der Waals surface area contributed by atoms with Crippen molar-refractivity contribution in [2.75, 3.05) is 10.8 Å². The number of carbonyl (C=O) groups is 1. The van der Waals surface area contributed by atoms with Gasteiger partial charge in [-0.2, -0.15) is 5.10 Å². The maximum absolute atomic E-state index is 13.5. The molecule has 0 unspecified atom stereocenters. The van der Waals surface area contributed by atoms with Crippen molar-refractivity contribution in [3.63, 3.8) is 0 Å². The number of hydrazone groups is 1. The Morgan fingerprint density at radius 3 is 2.11 bits per heavy atom. The first kappa shape index (κ1) is 27.4. The lowest BCUT2D eigenvalue weighted by Gasteiger charge is -2.23. The summed E-state index contributed by atoms with van der Waals surface area (Å²) < 4.78 is 30.0. The van der Waals surface area contributed by atoms with Crippen LogP contribution in [0.2, 0.25) is 10.0 Å². The van der Waals surface area contributed by atoms with Crippen molar-refractivity contribution in [2.45, 2.75) is 25.7 Å². The molecule has 7 nitrogen and oxygen atoms in total. The largest absolute Gasteiger partial charge is 0.318 e. The summed E-state index contributed by atoms with van der Waals surface area (Å²) in [5.74, 6) is -0.599. The predicted octanol–water partition coefficient (Wildman–Crippen LogP) is 6.05. The van der Waals surface area contributed by atoms with Crippen molar-refractivity contribution in [1.29, 1.82) is 0 Å². The highest BCUT2D eigenvalue weighted by atomic mass is 35.5. The third-order valence-electron chi connectivity index (χ3n) is 5.96. The highest BCUT2D eigenvalue weighted by Crippen LogP contribution is 2.25. The van der Waals surface area contributed by atoms with Gasteiger partial charge in [0, 0.05) is 32.7 Å². The molecule has 4 aromatic rings. The molecule has 0 saturated heterocycles. The minimum Gasteiger partial charge on any atom is -0.318 e. The average molecular weight is 570 g/mol. The summed E-state index contributed by atoms with van der Waals surface area (Å²) in [6.45, 7) is 5.31. The van der Waals surface area contributed by atoms with E-state index in [4.69, 9.17) is 23.2 Å². The van der Waals surface area contributed by atoms with Gasteiger partial charge in [0.25, 0.3) is 15.9 Å². The maximum atomic E-state index is 13.5. The molecular formula is C28H26Cl2N4O3S. The fourth-order valence-electron chi connectivity index (χ4n) is 4.01. The summed E-state index contributed by atoms with van der Waals surface area (Å²) in [5.41, 5.74) is 7.34. The van der Waals surface area contributed by atoms with Crippen LogP contribution in [0.5, 0.6) is 0 Å². The zero-order valence-electron chi connectivity index (χ0n) is 21.0. The molecule has 0 fully saturated rings. The summed E-state index contributed by atoms with van der Waals surface area (Å²) in [6.07, 6.45) is 1.54. The van der Waals surface area contributed by atoms with Gasteiger partial charge in [-0.05, 0) is 87.5 Å². The average Bonchev–Trinajstić information content (AvgIpc) is 3.16. The van der Waals surface area contributed by atoms with Gasteiger partial charge in [0.2, 0.25) is 0 Å². The van der Waals surface area contributed by atoms with Crippen molar-refractivity contribution in [1.82, 2.24) is 9.99 Å². The highest BCUT2D eigenvalue weighted by Gasteiger charge is 2.27. The fraction of sp³-hybridized carbons (Fsp3) is 0.143. The topological polar surface area (TPSA) is 83.8 Å². The zero-order valence-corrected chi connectivity index (χ0v) is 23.3. The number of nitrogens with one attached hydrogen (secondary N) is 1. The van der Waals surface area contributed by atoms with Crippen LogP contribution in [0.25, 0.3) is 5.69 Å². The number of benzene rings is 3. The molecule has 3 aromatic carbocycles. The molecule has 0 aliphatic carbocycles. The molecule has 1 heterocycles. The first-order valence-electron chi connectivity index (χ1n) is 11.7. The summed E-state index contributed by atoms with van der Waals surface area (Å²) in [4.78, 5) is 12.9. The molecule has 0 aliphatic heterocycles. The van der Waals surface area contributed by atoms with Crippen LogP contribution in [0.1, 0.15) is 22.5 Å². The fourth-order valence-corrected chi connectivity index (χ4v) is 5.68. The molecule has 0 aliphatic rings. The molecule has 196 valence electrons. The first-order valence-corrected chi connectivity index (χ1v) is 13.9. The Bertz CT molecular complexity index is 1580. The molecule has 0 saturated carbocycles. The quantitative estimate of drug-likeness (QED) is 0.207. The van der Waals surface area contributed by atoms with E-state index in [1.54, 1.807) is 36.4 Å². The number of halogens is 2. The van der Waals surface area contributed by atoms with Crippen LogP contribution in [-0.2, 0) is 14.8 Å². The molecule has 0 bridgehead atoms. The van der Waals surface area contributed by atoms with E-state index in [2.05, 4.69) is 15.1 Å². The molecule has 1 aromatic heterocycles. The lowest BCUT2D eigenvalue weighted by Crippen LogP contribution is -2.39. The van der Waals surface area contributed by atoms with Crippen molar-refractivity contribution >= 4 is 51.0 Å². The second-order valence-electron chi connectivity index (χ2n) is 8.73. The summed E-state index contributed by atoms with van der Waals surface area (Å²) in [6, 6.07) is 22.1. The van der Waals surface area contributed by atoms with Gasteiger partial charge >= 0.3 is 0 Å². The number of aryl methyl sites for hydroxylation is 2. The van der Waals surface area contributed by atoms with Gasteiger partial charge < -0.3 is 4.57 Å². The van der Waals surface area contributed by atoms with E-state index in [-0.39, 0.29) is 4.90 Å². The molecular weight excluding hydrogens is 543 g/mol. The summed E-state index contributed by atoms with van der Waals surface area (Å²) in [7, 11) is -4.03. The molecule has 1 amide bonds. The molecule has 1 N–H and O–H groups in total. The zero-order chi connectivity index (χ0) is 27.4. The Morgan fingerprint density at radius 1 is 0.921 bits per heavy atom. The van der Waals surface area contributed by atoms with E-state index in [1.807, 2.05) is 51.1 Å². The van der Waals surface area contributed by atoms with Crippen LogP contribution in [-0.4, -0.2) is 31.7 Å². The number of nitrogens with zero attached hydrogens (tertiary/aromatic N) is 3. The van der Waals surface area contributed by atoms with Gasteiger partial charge in [-0.1, -0.05) is 40.9 Å². The van der Waals surface area contributed by atoms with Crippen LogP contribution in [0, 0.1) is 20.8 Å². The molecule has 0 spiro atoms. The Hall–Kier alpha value is -3.59. The van der Waals surface area contributed by atoms with Gasteiger partial charge in [0.05, 0.1) is 16.8 Å². The lowest BCUT2D eigenvalue weighted by atomic mass is 10.2. The van der Waals surface area contributed by atoms with Crippen LogP contribution >= 0.6 is 23.2 Å². The van der Waals surface area contributed by atoms with Gasteiger partial charge in [0.1, 0.15) is 6.54 Å². The Morgan fingerprint density at radius 2 is 1.50 bits per heavy atom. The number of amides is 1. The standard InChI is InChI=1S/C28H26Cl2N4O3S/c1-19-4-14-27(15-5-19)38(36,37)33(25-10-6-23(29)7-11-25)18-28(35)32-31-17-22-16-20(2)34(21(22)3)26-12-8-24(30)9-13-26/h4-17H,18H2,1-3H3,(H,32,35)/b31-17-. The second kappa shape index (κ2) is 11.4. The number of anilines is 1. The van der Waals surface area contributed by atoms with Gasteiger partial charge in [0.15, 0.2) is 0 Å². The summed E-state index contributed by atoms with van der Waals surface area (Å²) in [5, 5.41) is 5.19. The number of carbonyl (C=O) groups excluding carboxylic acids is 1. The lowest BCUT2D eigenvalue weighted by molar-refractivity contribution is -0.119. The molecule has 4 rings (SSSR count). The maximum Gasteiger partial charge on any atom is 0.264 e. The van der Waals surface area contributed by atoms with E-state index in [0.29, 0.717) is 15.7 Å². The van der Waals surface area contributed by atoms with Gasteiger partial charge in [-0.25, -0.2) is 13.8 Å². The minimum absolute atomic E-state index is 0.0731. The third kappa shape index (κ3) is 6.10. The van der Waals surface area contributed by atoms with E-state index >= 15 is 0 Å². The van der Waals surface area contributed by atoms with E-state index < -0.39 is 22.5 Å². The molecule has 0 radical (unpaired) electrons. The smallest absolute Gasteiger partial charge is 0.264 e. The number of aromatic nitrogens is 1. The van der Waals surface area contributed by atoms with Crippen LogP contribution in [0.4, 0.5) is 5.69 Å². The third-order valence-corrected chi connectivity index (χ3v) is 8.25.